The number of aromatic nitrogens is 3. The summed E-state index contributed by atoms with van der Waals surface area (Å²) in [4.78, 5) is 8.75. The number of fused-ring (bicyclic) bond motifs is 1. The monoisotopic (exact) mass is 382 g/mol. The molecule has 0 bridgehead atoms. The molecule has 4 nitrogen and oxygen atoms in total. The normalized spacial score (nSPS) is 20.3. The number of nitrogens with zero attached hydrogens (tertiary/aromatic N) is 3. The molecule has 1 atom stereocenters. The Morgan fingerprint density at radius 3 is 2.81 bits per heavy atom. The van der Waals surface area contributed by atoms with Crippen molar-refractivity contribution in [3.05, 3.63) is 56.5 Å². The van der Waals surface area contributed by atoms with Gasteiger partial charge in [-0.2, -0.15) is 4.98 Å². The minimum absolute atomic E-state index is 0.540. The van der Waals surface area contributed by atoms with Gasteiger partial charge in [0.05, 0.1) is 6.67 Å². The first kappa shape index (κ1) is 16.4. The highest BCUT2D eigenvalue weighted by molar-refractivity contribution is 7.71. The van der Waals surface area contributed by atoms with Gasteiger partial charge in [0.25, 0.3) is 0 Å². The van der Waals surface area contributed by atoms with Crippen LogP contribution in [0.3, 0.4) is 0 Å². The molecule has 134 valence electrons. The van der Waals surface area contributed by atoms with Gasteiger partial charge in [-0.1, -0.05) is 29.8 Å². The van der Waals surface area contributed by atoms with Gasteiger partial charge in [0.1, 0.15) is 0 Å². The van der Waals surface area contributed by atoms with E-state index >= 15 is 0 Å². The van der Waals surface area contributed by atoms with Gasteiger partial charge in [-0.3, -0.25) is 10.00 Å². The van der Waals surface area contributed by atoms with E-state index in [1.807, 2.05) is 16.0 Å². The predicted octanol–water partition coefficient (Wildman–Crippen LogP) is 4.94. The van der Waals surface area contributed by atoms with Crippen LogP contribution in [0.25, 0.3) is 11.4 Å². The van der Waals surface area contributed by atoms with Gasteiger partial charge in [-0.15, -0.1) is 11.3 Å². The van der Waals surface area contributed by atoms with Crippen molar-refractivity contribution in [1.29, 1.82) is 0 Å². The van der Waals surface area contributed by atoms with Gasteiger partial charge in [-0.25, -0.2) is 4.68 Å². The summed E-state index contributed by atoms with van der Waals surface area (Å²) >= 11 is 7.46. The van der Waals surface area contributed by atoms with Gasteiger partial charge in [-0.05, 0) is 61.3 Å². The molecular weight excluding hydrogens is 360 g/mol. The Morgan fingerprint density at radius 1 is 1.23 bits per heavy atom. The lowest BCUT2D eigenvalue weighted by atomic mass is 9.96. The fourth-order valence-corrected chi connectivity index (χ4v) is 5.10. The van der Waals surface area contributed by atoms with Gasteiger partial charge >= 0.3 is 0 Å². The highest BCUT2D eigenvalue weighted by Gasteiger charge is 2.40. The molecule has 5 rings (SSSR count). The molecule has 0 amide bonds. The number of hydrogen-bond acceptors (Lipinski definition) is 4. The van der Waals surface area contributed by atoms with Crippen molar-refractivity contribution in [2.24, 2.45) is 5.92 Å². The average Bonchev–Trinajstić information content (AvgIpc) is 3.25. The first-order valence-electron chi connectivity index (χ1n) is 9.23. The zero-order valence-electron chi connectivity index (χ0n) is 14.8. The van der Waals surface area contributed by atoms with E-state index < -0.39 is 0 Å². The molecule has 6 heteroatoms. The van der Waals surface area contributed by atoms with Crippen LogP contribution in [-0.4, -0.2) is 26.2 Å². The number of rotatable bonds is 4. The summed E-state index contributed by atoms with van der Waals surface area (Å²) in [5, 5.41) is 5.68. The number of thiophene rings is 1. The van der Waals surface area contributed by atoms with Gasteiger partial charge < -0.3 is 0 Å². The third-order valence-electron chi connectivity index (χ3n) is 5.51. The molecule has 26 heavy (non-hydrogen) atoms. The molecule has 2 aromatic heterocycles. The Labute approximate surface area is 162 Å². The molecule has 1 aromatic carbocycles. The van der Waals surface area contributed by atoms with Crippen LogP contribution in [0.5, 0.6) is 0 Å². The minimum Gasteiger partial charge on any atom is -0.278 e. The van der Waals surface area contributed by atoms with E-state index in [2.05, 4.69) is 57.6 Å². The molecule has 1 aliphatic carbocycles. The summed E-state index contributed by atoms with van der Waals surface area (Å²) in [6.07, 6.45) is 3.83. The maximum Gasteiger partial charge on any atom is 0.217 e. The number of aryl methyl sites for hydroxylation is 1. The fraction of sp³-hybridized carbons (Fsp3) is 0.400. The lowest BCUT2D eigenvalue weighted by Crippen LogP contribution is -2.37. The predicted molar refractivity (Wildman–Crippen MR) is 108 cm³/mol. The number of H-pyrrole nitrogens is 1. The molecule has 0 radical (unpaired) electrons. The minimum atomic E-state index is 0.540. The van der Waals surface area contributed by atoms with Crippen LogP contribution in [0.1, 0.15) is 34.9 Å². The van der Waals surface area contributed by atoms with E-state index in [4.69, 9.17) is 12.2 Å². The van der Waals surface area contributed by atoms with Crippen LogP contribution in [0.4, 0.5) is 0 Å². The van der Waals surface area contributed by atoms with Crippen molar-refractivity contribution in [2.45, 2.75) is 38.9 Å². The maximum absolute atomic E-state index is 5.54. The smallest absolute Gasteiger partial charge is 0.217 e. The maximum atomic E-state index is 5.54. The van der Waals surface area contributed by atoms with Crippen molar-refractivity contribution in [3.63, 3.8) is 0 Å². The van der Waals surface area contributed by atoms with E-state index in [1.54, 1.807) is 10.4 Å². The van der Waals surface area contributed by atoms with E-state index in [9.17, 15) is 0 Å². The lowest BCUT2D eigenvalue weighted by molar-refractivity contribution is 0.117. The Bertz CT molecular complexity index is 978. The lowest BCUT2D eigenvalue weighted by Gasteiger charge is -2.36. The second-order valence-electron chi connectivity index (χ2n) is 7.43. The molecule has 1 N–H and O–H groups in total. The third kappa shape index (κ3) is 2.96. The highest BCUT2D eigenvalue weighted by atomic mass is 32.1. The van der Waals surface area contributed by atoms with Crippen LogP contribution >= 0.6 is 23.6 Å². The summed E-state index contributed by atoms with van der Waals surface area (Å²) in [6, 6.07) is 11.3. The standard InChI is InChI=1S/C20H22N4S2/c1-13-2-4-15(5-3-13)19-21-20(25)24(22-19)12-23-10-8-17-16(9-11-26-17)18(23)14-6-7-14/h2-5,9,11,14,18H,6-8,10,12H2,1H3,(H,21,22,25)/t18-/m0/s1. The van der Waals surface area contributed by atoms with Crippen molar-refractivity contribution in [2.75, 3.05) is 6.54 Å². The second kappa shape index (κ2) is 6.44. The van der Waals surface area contributed by atoms with Crippen molar-refractivity contribution < 1.29 is 0 Å². The second-order valence-corrected chi connectivity index (χ2v) is 8.80. The van der Waals surface area contributed by atoms with Crippen LogP contribution in [0, 0.1) is 17.6 Å². The summed E-state index contributed by atoms with van der Waals surface area (Å²) in [7, 11) is 0. The molecule has 1 saturated carbocycles. The molecular formula is C20H22N4S2. The summed E-state index contributed by atoms with van der Waals surface area (Å²) in [5.41, 5.74) is 3.88. The molecule has 1 aliphatic heterocycles. The fourth-order valence-electron chi connectivity index (χ4n) is 4.00. The van der Waals surface area contributed by atoms with Crippen LogP contribution in [0.2, 0.25) is 0 Å². The summed E-state index contributed by atoms with van der Waals surface area (Å²) in [5.74, 6) is 1.66. The topological polar surface area (TPSA) is 36.9 Å². The van der Waals surface area contributed by atoms with Gasteiger partial charge in [0.15, 0.2) is 5.82 Å². The summed E-state index contributed by atoms with van der Waals surface area (Å²) in [6.45, 7) is 3.97. The average molecular weight is 383 g/mol. The van der Waals surface area contributed by atoms with Crippen molar-refractivity contribution in [1.82, 2.24) is 19.7 Å². The molecule has 2 aliphatic rings. The van der Waals surface area contributed by atoms with E-state index in [-0.39, 0.29) is 0 Å². The molecule has 3 aromatic rings. The van der Waals surface area contributed by atoms with Crippen LogP contribution < -0.4 is 0 Å². The number of benzene rings is 1. The molecule has 0 unspecified atom stereocenters. The summed E-state index contributed by atoms with van der Waals surface area (Å²) < 4.78 is 2.66. The molecule has 0 saturated heterocycles. The zero-order chi connectivity index (χ0) is 17.7. The Kier molecular flexibility index (Phi) is 4.07. The third-order valence-corrected chi connectivity index (χ3v) is 6.82. The zero-order valence-corrected chi connectivity index (χ0v) is 16.4. The Balaban J connectivity index is 1.43. The Hall–Kier alpha value is -1.76. The van der Waals surface area contributed by atoms with Crippen molar-refractivity contribution >= 4 is 23.6 Å². The number of hydrogen-bond donors (Lipinski definition) is 1. The first-order valence-corrected chi connectivity index (χ1v) is 10.5. The number of aromatic amines is 1. The van der Waals surface area contributed by atoms with Gasteiger partial charge in [0.2, 0.25) is 4.77 Å². The van der Waals surface area contributed by atoms with E-state index in [0.29, 0.717) is 10.8 Å². The number of nitrogens with one attached hydrogen (secondary N) is 1. The SMILES string of the molecule is Cc1ccc(-c2nc(=S)n(CN3CCc4sccc4[C@@H]3C3CC3)[nH]2)cc1. The van der Waals surface area contributed by atoms with Crippen molar-refractivity contribution in [3.8, 4) is 11.4 Å². The van der Waals surface area contributed by atoms with Crippen LogP contribution in [-0.2, 0) is 13.1 Å². The first-order chi connectivity index (χ1) is 12.7. The molecule has 0 spiro atoms. The molecule has 3 heterocycles. The quantitative estimate of drug-likeness (QED) is 0.649. The molecule has 1 fully saturated rings. The Morgan fingerprint density at radius 2 is 2.04 bits per heavy atom. The van der Waals surface area contributed by atoms with E-state index in [1.165, 1.54) is 18.4 Å². The highest BCUT2D eigenvalue weighted by Crippen LogP contribution is 2.48. The van der Waals surface area contributed by atoms with E-state index in [0.717, 1.165) is 36.9 Å². The van der Waals surface area contributed by atoms with Crippen LogP contribution in [0.15, 0.2) is 35.7 Å². The van der Waals surface area contributed by atoms with Gasteiger partial charge in [0, 0.05) is 23.0 Å². The largest absolute Gasteiger partial charge is 0.278 e.